The van der Waals surface area contributed by atoms with E-state index in [1.54, 1.807) is 5.20 Å². The Balaban J connectivity index is 1.07. The minimum Gasteiger partial charge on any atom is -0.338 e. The van der Waals surface area contributed by atoms with E-state index in [2.05, 4.69) is 259 Å². The number of imidazole rings is 1. The van der Waals surface area contributed by atoms with Crippen LogP contribution in [0.15, 0.2) is 248 Å². The van der Waals surface area contributed by atoms with Crippen LogP contribution >= 0.6 is 0 Å². The second-order valence-corrected chi connectivity index (χ2v) is 22.3. The molecule has 1 atom stereocenters. The summed E-state index contributed by atoms with van der Waals surface area (Å²) in [5.41, 5.74) is 14.3. The van der Waals surface area contributed by atoms with E-state index >= 15 is 0 Å². The number of H-pyrrole nitrogens is 1. The van der Waals surface area contributed by atoms with Gasteiger partial charge in [-0.25, -0.2) is 4.98 Å². The van der Waals surface area contributed by atoms with Gasteiger partial charge in [-0.05, 0) is 121 Å². The Labute approximate surface area is 403 Å². The van der Waals surface area contributed by atoms with Crippen molar-refractivity contribution in [3.05, 3.63) is 270 Å². The van der Waals surface area contributed by atoms with E-state index in [4.69, 9.17) is 4.98 Å². The molecule has 2 heterocycles. The van der Waals surface area contributed by atoms with Crippen LogP contribution in [0.3, 0.4) is 0 Å². The predicted octanol–water partition coefficient (Wildman–Crippen LogP) is 12.1. The van der Waals surface area contributed by atoms with Gasteiger partial charge in [0.15, 0.2) is 8.07 Å². The third-order valence-corrected chi connectivity index (χ3v) is 19.8. The zero-order chi connectivity index (χ0) is 45.9. The lowest BCUT2D eigenvalue weighted by molar-refractivity contribution is 0.810. The van der Waals surface area contributed by atoms with Crippen molar-refractivity contribution < 1.29 is 0 Å². The molecule has 9 aromatic carbocycles. The number of hydrogen-bond acceptors (Lipinski definition) is 1. The molecule has 69 heavy (non-hydrogen) atoms. The van der Waals surface area contributed by atoms with Crippen molar-refractivity contribution in [3.8, 4) is 28.2 Å². The highest BCUT2D eigenvalue weighted by atomic mass is 28.3. The maximum absolute atomic E-state index is 5.01. The summed E-state index contributed by atoms with van der Waals surface area (Å²) < 4.78 is 2.44. The predicted molar refractivity (Wildman–Crippen MR) is 292 cm³/mol. The summed E-state index contributed by atoms with van der Waals surface area (Å²) in [5.74, 6) is 1.03. The van der Waals surface area contributed by atoms with Crippen LogP contribution in [0.2, 0.25) is 0 Å². The fourth-order valence-electron chi connectivity index (χ4n) is 11.7. The van der Waals surface area contributed by atoms with Gasteiger partial charge < -0.3 is 9.55 Å². The zero-order valence-corrected chi connectivity index (χ0v) is 39.5. The summed E-state index contributed by atoms with van der Waals surface area (Å²) in [6, 6.07) is 84.1. The van der Waals surface area contributed by atoms with Gasteiger partial charge in [0.2, 0.25) is 0 Å². The standard InChI is InChI=1S/C65H49N3Si/c1-2-44-36-38-59-60(40-44)67-65(66-59)48-23-19-21-46(42-48)45-20-18-22-47(41-45)63-54-31-12-14-33-56(54)64(57-34-15-13-32-55(57)63)69(50-26-8-4-9-27-50,51-28-10-5-11-29-51)52-37-39-62-58(43-52)53-30-16-17-35-61(53)68(62)49-24-6-3-7-25-49/h3-33,35-43,57H,2,34H2,1H3,(H,66,67). The molecule has 0 fully saturated rings. The summed E-state index contributed by atoms with van der Waals surface area (Å²) in [4.78, 5) is 8.63. The Kier molecular flexibility index (Phi) is 9.95. The number of aromatic amines is 1. The largest absolute Gasteiger partial charge is 0.338 e. The lowest BCUT2D eigenvalue weighted by Gasteiger charge is -2.43. The highest BCUT2D eigenvalue weighted by Crippen LogP contribution is 2.43. The van der Waals surface area contributed by atoms with Crippen molar-refractivity contribution in [1.82, 2.24) is 14.5 Å². The summed E-state index contributed by atoms with van der Waals surface area (Å²) >= 11 is 0. The maximum Gasteiger partial charge on any atom is 0.176 e. The number of nitrogens with one attached hydrogen (secondary N) is 1. The molecule has 13 rings (SSSR count). The Morgan fingerprint density at radius 1 is 0.536 bits per heavy atom. The van der Waals surface area contributed by atoms with E-state index in [-0.39, 0.29) is 5.92 Å². The topological polar surface area (TPSA) is 33.6 Å². The van der Waals surface area contributed by atoms with Gasteiger partial charge in [0.25, 0.3) is 0 Å². The van der Waals surface area contributed by atoms with Gasteiger partial charge in [-0.3, -0.25) is 0 Å². The Bertz CT molecular complexity index is 3930. The van der Waals surface area contributed by atoms with Gasteiger partial charge in [0.1, 0.15) is 5.82 Å². The van der Waals surface area contributed by atoms with Crippen molar-refractivity contribution in [3.63, 3.8) is 0 Å². The number of hydrogen-bond donors (Lipinski definition) is 1. The SMILES string of the molecule is CCc1ccc2nc(-c3cccc(-c4cccc(C5=c6ccccc6=C([Si](c6ccccc6)(c6ccccc6)c6ccc7c(c6)c6ccccc6n7-c6ccccc6)C6CC=CC=C56)c4)c3)[nH]c2c1. The molecule has 2 aliphatic carbocycles. The molecule has 328 valence electrons. The molecule has 0 aliphatic heterocycles. The van der Waals surface area contributed by atoms with E-state index < -0.39 is 8.07 Å². The van der Waals surface area contributed by atoms with E-state index in [9.17, 15) is 0 Å². The summed E-state index contributed by atoms with van der Waals surface area (Å²) in [6.45, 7) is 2.19. The summed E-state index contributed by atoms with van der Waals surface area (Å²) in [5, 5.41) is 10.9. The van der Waals surface area contributed by atoms with Gasteiger partial charge >= 0.3 is 0 Å². The van der Waals surface area contributed by atoms with Crippen molar-refractivity contribution >= 4 is 67.2 Å². The van der Waals surface area contributed by atoms with Crippen molar-refractivity contribution in [2.75, 3.05) is 0 Å². The average Bonchev–Trinajstić information content (AvgIpc) is 4.01. The molecule has 0 bridgehead atoms. The number of fused-ring (bicyclic) bond motifs is 6. The van der Waals surface area contributed by atoms with Gasteiger partial charge in [-0.2, -0.15) is 0 Å². The molecule has 0 radical (unpaired) electrons. The number of nitrogens with zero attached hydrogens (tertiary/aromatic N) is 2. The number of para-hydroxylation sites is 2. The number of allylic oxidation sites excluding steroid dienone is 4. The smallest absolute Gasteiger partial charge is 0.176 e. The fourth-order valence-corrected chi connectivity index (χ4v) is 17.2. The van der Waals surface area contributed by atoms with Gasteiger partial charge in [-0.1, -0.05) is 206 Å². The van der Waals surface area contributed by atoms with Crippen molar-refractivity contribution in [2.45, 2.75) is 19.8 Å². The molecule has 4 heteroatoms. The molecular weight excluding hydrogens is 851 g/mol. The Hall–Kier alpha value is -8.31. The average molecular weight is 900 g/mol. The van der Waals surface area contributed by atoms with Crippen molar-refractivity contribution in [2.24, 2.45) is 5.92 Å². The number of aryl methyl sites for hydroxylation is 1. The van der Waals surface area contributed by atoms with Crippen LogP contribution in [0.5, 0.6) is 0 Å². The number of rotatable bonds is 9. The summed E-state index contributed by atoms with van der Waals surface area (Å²) in [6.07, 6.45) is 9.02. The minimum absolute atomic E-state index is 0.140. The van der Waals surface area contributed by atoms with Crippen molar-refractivity contribution in [1.29, 1.82) is 0 Å². The molecule has 0 spiro atoms. The second kappa shape index (κ2) is 16.8. The molecule has 0 saturated carbocycles. The zero-order valence-electron chi connectivity index (χ0n) is 38.5. The van der Waals surface area contributed by atoms with Crippen LogP contribution < -0.4 is 26.0 Å². The van der Waals surface area contributed by atoms with E-state index in [0.29, 0.717) is 0 Å². The van der Waals surface area contributed by atoms with Crippen LogP contribution in [-0.2, 0) is 6.42 Å². The lowest BCUT2D eigenvalue weighted by Crippen LogP contribution is -2.71. The van der Waals surface area contributed by atoms with Gasteiger partial charge in [0, 0.05) is 27.9 Å². The molecule has 0 amide bonds. The van der Waals surface area contributed by atoms with Crippen LogP contribution in [0, 0.1) is 5.92 Å². The van der Waals surface area contributed by atoms with Crippen LogP contribution in [0.25, 0.3) is 71.8 Å². The molecule has 3 nitrogen and oxygen atoms in total. The highest BCUT2D eigenvalue weighted by molar-refractivity contribution is 7.22. The van der Waals surface area contributed by atoms with Gasteiger partial charge in [-0.15, -0.1) is 0 Å². The Morgan fingerprint density at radius 3 is 1.93 bits per heavy atom. The number of aromatic nitrogens is 3. The molecule has 11 aromatic rings. The first-order chi connectivity index (χ1) is 34.2. The molecular formula is C65H49N3Si. The quantitative estimate of drug-likeness (QED) is 0.114. The first-order valence-corrected chi connectivity index (χ1v) is 26.3. The third-order valence-electron chi connectivity index (χ3n) is 14.8. The highest BCUT2D eigenvalue weighted by Gasteiger charge is 2.48. The Morgan fingerprint density at radius 2 is 1.17 bits per heavy atom. The maximum atomic E-state index is 5.01. The number of benzene rings is 9. The van der Waals surface area contributed by atoms with E-state index in [1.165, 1.54) is 86.9 Å². The van der Waals surface area contributed by atoms with E-state index in [1.807, 2.05) is 0 Å². The normalized spacial score (nSPS) is 14.6. The first-order valence-electron chi connectivity index (χ1n) is 24.3. The molecule has 2 aliphatic rings. The first kappa shape index (κ1) is 40.9. The lowest BCUT2D eigenvalue weighted by atomic mass is 9.78. The molecule has 2 aromatic heterocycles. The van der Waals surface area contributed by atoms with Gasteiger partial charge in [0.05, 0.1) is 22.1 Å². The minimum atomic E-state index is -3.10. The van der Waals surface area contributed by atoms with Crippen LogP contribution in [-0.4, -0.2) is 22.6 Å². The second-order valence-electron chi connectivity index (χ2n) is 18.5. The molecule has 0 saturated heterocycles. The van der Waals surface area contributed by atoms with Crippen LogP contribution in [0.1, 0.15) is 24.5 Å². The van der Waals surface area contributed by atoms with E-state index in [0.717, 1.165) is 35.3 Å². The monoisotopic (exact) mass is 899 g/mol. The molecule has 1 N–H and O–H groups in total. The third kappa shape index (κ3) is 6.66. The summed E-state index contributed by atoms with van der Waals surface area (Å²) in [7, 11) is -3.10. The van der Waals surface area contributed by atoms with Crippen LogP contribution in [0.4, 0.5) is 0 Å². The fraction of sp³-hybridized carbons (Fsp3) is 0.0615. The molecule has 1 unspecified atom stereocenters.